The average Bonchev–Trinajstić information content (AvgIpc) is 2.35. The molecule has 0 radical (unpaired) electrons. The van der Waals surface area contributed by atoms with Gasteiger partial charge in [0.05, 0.1) is 6.20 Å². The number of aromatic carboxylic acids is 1. The van der Waals surface area contributed by atoms with Gasteiger partial charge in [0.25, 0.3) is 5.88 Å². The Labute approximate surface area is 104 Å². The molecule has 1 N–H and O–H groups in total. The zero-order chi connectivity index (χ0) is 13.1. The van der Waals surface area contributed by atoms with Crippen LogP contribution in [-0.2, 0) is 0 Å². The van der Waals surface area contributed by atoms with E-state index < -0.39 is 5.97 Å². The summed E-state index contributed by atoms with van der Waals surface area (Å²) in [5, 5.41) is 16.4. The van der Waals surface area contributed by atoms with Crippen LogP contribution in [0.2, 0.25) is 0 Å². The lowest BCUT2D eigenvalue weighted by Gasteiger charge is -2.10. The maximum Gasteiger partial charge on any atom is 0.341 e. The largest absolute Gasteiger partial charge is 0.477 e. The molecule has 0 aliphatic rings. The molecular weight excluding hydrogens is 232 g/mol. The van der Waals surface area contributed by atoms with Crippen molar-refractivity contribution in [2.24, 2.45) is 0 Å². The van der Waals surface area contributed by atoms with E-state index in [1.807, 2.05) is 26.0 Å². The van der Waals surface area contributed by atoms with Crippen LogP contribution in [0.25, 0.3) is 0 Å². The fraction of sp³-hybridized carbons (Fsp3) is 0.154. The molecule has 0 amide bonds. The van der Waals surface area contributed by atoms with Crippen molar-refractivity contribution in [3.63, 3.8) is 0 Å². The second-order valence-corrected chi connectivity index (χ2v) is 3.86. The zero-order valence-corrected chi connectivity index (χ0v) is 10.0. The van der Waals surface area contributed by atoms with Crippen molar-refractivity contribution >= 4 is 5.97 Å². The Morgan fingerprint density at radius 1 is 1.28 bits per heavy atom. The Morgan fingerprint density at radius 2 is 2.06 bits per heavy atom. The van der Waals surface area contributed by atoms with Gasteiger partial charge in [-0.25, -0.2) is 4.79 Å². The van der Waals surface area contributed by atoms with E-state index >= 15 is 0 Å². The minimum atomic E-state index is -1.09. The molecule has 1 aromatic heterocycles. The molecule has 5 nitrogen and oxygen atoms in total. The third-order valence-electron chi connectivity index (χ3n) is 2.68. The Bertz CT molecular complexity index is 597. The lowest BCUT2D eigenvalue weighted by molar-refractivity contribution is 0.0693. The minimum Gasteiger partial charge on any atom is -0.477 e. The number of nitrogens with zero attached hydrogens (tertiary/aromatic N) is 2. The van der Waals surface area contributed by atoms with Gasteiger partial charge in [-0.15, -0.1) is 5.10 Å². The third kappa shape index (κ3) is 2.29. The van der Waals surface area contributed by atoms with Crippen molar-refractivity contribution in [1.82, 2.24) is 10.2 Å². The average molecular weight is 244 g/mol. The van der Waals surface area contributed by atoms with Crippen LogP contribution >= 0.6 is 0 Å². The van der Waals surface area contributed by atoms with Gasteiger partial charge in [-0.1, -0.05) is 12.1 Å². The first kappa shape index (κ1) is 12.0. The maximum atomic E-state index is 11.0. The maximum absolute atomic E-state index is 11.0. The fourth-order valence-corrected chi connectivity index (χ4v) is 1.50. The standard InChI is InChI=1S/C13H12N2O3/c1-8-4-3-5-11(9(8)2)18-12-10(13(16)17)6-7-14-15-12/h3-7H,1-2H3,(H,16,17). The van der Waals surface area contributed by atoms with Crippen molar-refractivity contribution in [2.45, 2.75) is 13.8 Å². The van der Waals surface area contributed by atoms with E-state index in [9.17, 15) is 4.79 Å². The number of aryl methyl sites for hydroxylation is 1. The predicted octanol–water partition coefficient (Wildman–Crippen LogP) is 2.58. The molecule has 92 valence electrons. The molecule has 0 fully saturated rings. The van der Waals surface area contributed by atoms with Crippen molar-refractivity contribution in [3.05, 3.63) is 47.2 Å². The number of carboxylic acid groups (broad SMARTS) is 1. The molecule has 0 aliphatic heterocycles. The number of aromatic nitrogens is 2. The van der Waals surface area contributed by atoms with Crippen molar-refractivity contribution < 1.29 is 14.6 Å². The van der Waals surface area contributed by atoms with Crippen LogP contribution in [0.1, 0.15) is 21.5 Å². The quantitative estimate of drug-likeness (QED) is 0.898. The van der Waals surface area contributed by atoms with Crippen LogP contribution in [-0.4, -0.2) is 21.3 Å². The molecule has 1 aromatic carbocycles. The summed E-state index contributed by atoms with van der Waals surface area (Å²) >= 11 is 0. The van der Waals surface area contributed by atoms with Gasteiger partial charge < -0.3 is 9.84 Å². The number of carbonyl (C=O) groups is 1. The molecule has 0 saturated carbocycles. The zero-order valence-electron chi connectivity index (χ0n) is 10.0. The Kier molecular flexibility index (Phi) is 3.23. The summed E-state index contributed by atoms with van der Waals surface area (Å²) in [6.07, 6.45) is 1.32. The van der Waals surface area contributed by atoms with Crippen molar-refractivity contribution in [1.29, 1.82) is 0 Å². The van der Waals surface area contributed by atoms with Crippen LogP contribution in [0.15, 0.2) is 30.5 Å². The van der Waals surface area contributed by atoms with E-state index in [1.165, 1.54) is 12.3 Å². The van der Waals surface area contributed by atoms with Gasteiger partial charge >= 0.3 is 5.97 Å². The van der Waals surface area contributed by atoms with E-state index in [2.05, 4.69) is 10.2 Å². The predicted molar refractivity (Wildman–Crippen MR) is 65.0 cm³/mol. The first-order chi connectivity index (χ1) is 8.59. The highest BCUT2D eigenvalue weighted by atomic mass is 16.5. The van der Waals surface area contributed by atoms with Gasteiger partial charge in [0.1, 0.15) is 11.3 Å². The third-order valence-corrected chi connectivity index (χ3v) is 2.68. The van der Waals surface area contributed by atoms with Crippen molar-refractivity contribution in [2.75, 3.05) is 0 Å². The minimum absolute atomic E-state index is 0.00120. The molecule has 0 saturated heterocycles. The summed E-state index contributed by atoms with van der Waals surface area (Å²) in [7, 11) is 0. The lowest BCUT2D eigenvalue weighted by atomic mass is 10.1. The summed E-state index contributed by atoms with van der Waals surface area (Å²) in [5.41, 5.74) is 2.00. The summed E-state index contributed by atoms with van der Waals surface area (Å²) < 4.78 is 5.53. The normalized spacial score (nSPS) is 10.1. The molecule has 2 rings (SSSR count). The molecule has 0 unspecified atom stereocenters. The Hall–Kier alpha value is -2.43. The summed E-state index contributed by atoms with van der Waals surface area (Å²) in [4.78, 5) is 11.0. The van der Waals surface area contributed by atoms with Gasteiger partial charge in [-0.05, 0) is 37.1 Å². The Morgan fingerprint density at radius 3 is 2.78 bits per heavy atom. The SMILES string of the molecule is Cc1cccc(Oc2nnccc2C(=O)O)c1C. The van der Waals surface area contributed by atoms with E-state index in [0.717, 1.165) is 11.1 Å². The number of hydrogen-bond acceptors (Lipinski definition) is 4. The van der Waals surface area contributed by atoms with E-state index in [0.29, 0.717) is 5.75 Å². The molecule has 5 heteroatoms. The first-order valence-electron chi connectivity index (χ1n) is 5.38. The summed E-state index contributed by atoms with van der Waals surface area (Å²) in [5.74, 6) is -0.512. The van der Waals surface area contributed by atoms with Crippen LogP contribution in [0.5, 0.6) is 11.6 Å². The summed E-state index contributed by atoms with van der Waals surface area (Å²) in [6.45, 7) is 3.86. The lowest BCUT2D eigenvalue weighted by Crippen LogP contribution is -2.03. The topological polar surface area (TPSA) is 72.3 Å². The van der Waals surface area contributed by atoms with Crippen LogP contribution < -0.4 is 4.74 Å². The van der Waals surface area contributed by atoms with Crippen molar-refractivity contribution in [3.8, 4) is 11.6 Å². The second kappa shape index (κ2) is 4.83. The second-order valence-electron chi connectivity index (χ2n) is 3.86. The molecule has 0 bridgehead atoms. The molecule has 0 atom stereocenters. The highest BCUT2D eigenvalue weighted by molar-refractivity contribution is 5.90. The van der Waals surface area contributed by atoms with Gasteiger partial charge in [-0.3, -0.25) is 0 Å². The molecule has 18 heavy (non-hydrogen) atoms. The molecule has 1 heterocycles. The van der Waals surface area contributed by atoms with Gasteiger partial charge in [0.15, 0.2) is 0 Å². The smallest absolute Gasteiger partial charge is 0.341 e. The monoisotopic (exact) mass is 244 g/mol. The molecule has 0 spiro atoms. The molecule has 2 aromatic rings. The highest BCUT2D eigenvalue weighted by Crippen LogP contribution is 2.27. The molecular formula is C13H12N2O3. The number of hydrogen-bond donors (Lipinski definition) is 1. The van der Waals surface area contributed by atoms with Gasteiger partial charge in [-0.2, -0.15) is 5.10 Å². The highest BCUT2D eigenvalue weighted by Gasteiger charge is 2.14. The summed E-state index contributed by atoms with van der Waals surface area (Å²) in [6, 6.07) is 6.92. The number of ether oxygens (including phenoxy) is 1. The number of benzene rings is 1. The Balaban J connectivity index is 2.40. The number of carboxylic acids is 1. The van der Waals surface area contributed by atoms with E-state index in [4.69, 9.17) is 9.84 Å². The van der Waals surface area contributed by atoms with Gasteiger partial charge in [0, 0.05) is 0 Å². The van der Waals surface area contributed by atoms with Gasteiger partial charge in [0.2, 0.25) is 0 Å². The van der Waals surface area contributed by atoms with E-state index in [1.54, 1.807) is 6.07 Å². The number of rotatable bonds is 3. The van der Waals surface area contributed by atoms with Crippen LogP contribution in [0.3, 0.4) is 0 Å². The van der Waals surface area contributed by atoms with Crippen LogP contribution in [0, 0.1) is 13.8 Å². The molecule has 0 aliphatic carbocycles. The van der Waals surface area contributed by atoms with E-state index in [-0.39, 0.29) is 11.4 Å². The first-order valence-corrected chi connectivity index (χ1v) is 5.38. The fourth-order valence-electron chi connectivity index (χ4n) is 1.50. The van der Waals surface area contributed by atoms with Crippen LogP contribution in [0.4, 0.5) is 0 Å².